The van der Waals surface area contributed by atoms with E-state index in [9.17, 15) is 14.4 Å². The Balaban J connectivity index is 3.01. The highest BCUT2D eigenvalue weighted by Crippen LogP contribution is 2.39. The van der Waals surface area contributed by atoms with Crippen molar-refractivity contribution in [2.24, 2.45) is 23.7 Å². The van der Waals surface area contributed by atoms with E-state index in [0.717, 1.165) is 0 Å². The van der Waals surface area contributed by atoms with Gasteiger partial charge in [-0.3, -0.25) is 14.4 Å². The summed E-state index contributed by atoms with van der Waals surface area (Å²) < 4.78 is 10.1. The summed E-state index contributed by atoms with van der Waals surface area (Å²) in [6.45, 7) is 9.24. The molecule has 0 radical (unpaired) electrons. The zero-order valence-corrected chi connectivity index (χ0v) is 13.8. The van der Waals surface area contributed by atoms with Gasteiger partial charge in [0.1, 0.15) is 17.3 Å². The van der Waals surface area contributed by atoms with Crippen molar-refractivity contribution in [1.82, 2.24) is 0 Å². The van der Waals surface area contributed by atoms with E-state index in [1.807, 2.05) is 13.8 Å². The SMILES string of the molecule is COC(=O)C[C@@H]1C(C(=O)OC(C)(C)C)C(=O)C[C@H](C)[C@H]1C. The van der Waals surface area contributed by atoms with E-state index in [0.29, 0.717) is 6.42 Å². The molecule has 1 fully saturated rings. The number of esters is 2. The monoisotopic (exact) mass is 298 g/mol. The minimum Gasteiger partial charge on any atom is -0.469 e. The zero-order chi connectivity index (χ0) is 16.4. The second-order valence-electron chi connectivity index (χ2n) is 6.96. The van der Waals surface area contributed by atoms with Gasteiger partial charge < -0.3 is 9.47 Å². The number of hydrogen-bond acceptors (Lipinski definition) is 5. The van der Waals surface area contributed by atoms with E-state index < -0.39 is 23.5 Å². The third-order valence-corrected chi connectivity index (χ3v) is 4.16. The van der Waals surface area contributed by atoms with Gasteiger partial charge in [0.25, 0.3) is 0 Å². The maximum absolute atomic E-state index is 12.4. The molecule has 0 bridgehead atoms. The van der Waals surface area contributed by atoms with Crippen LogP contribution in [0.4, 0.5) is 0 Å². The fourth-order valence-corrected chi connectivity index (χ4v) is 2.85. The van der Waals surface area contributed by atoms with Crippen molar-refractivity contribution in [2.75, 3.05) is 7.11 Å². The summed E-state index contributed by atoms with van der Waals surface area (Å²) in [4.78, 5) is 36.3. The van der Waals surface area contributed by atoms with Gasteiger partial charge in [0.2, 0.25) is 0 Å². The molecule has 1 unspecified atom stereocenters. The molecule has 120 valence electrons. The Kier molecular flexibility index (Phi) is 5.54. The van der Waals surface area contributed by atoms with Crippen LogP contribution < -0.4 is 0 Å². The molecule has 0 aromatic heterocycles. The normalized spacial score (nSPS) is 29.9. The average molecular weight is 298 g/mol. The Morgan fingerprint density at radius 1 is 1.24 bits per heavy atom. The summed E-state index contributed by atoms with van der Waals surface area (Å²) in [5, 5.41) is 0. The quantitative estimate of drug-likeness (QED) is 0.591. The lowest BCUT2D eigenvalue weighted by molar-refractivity contribution is -0.168. The van der Waals surface area contributed by atoms with Crippen molar-refractivity contribution in [1.29, 1.82) is 0 Å². The van der Waals surface area contributed by atoms with E-state index in [1.54, 1.807) is 20.8 Å². The van der Waals surface area contributed by atoms with Gasteiger partial charge in [-0.05, 0) is 38.5 Å². The van der Waals surface area contributed by atoms with Gasteiger partial charge in [0.15, 0.2) is 0 Å². The van der Waals surface area contributed by atoms with E-state index in [-0.39, 0.29) is 30.0 Å². The van der Waals surface area contributed by atoms with E-state index >= 15 is 0 Å². The highest BCUT2D eigenvalue weighted by Gasteiger charge is 2.46. The van der Waals surface area contributed by atoms with Crippen molar-refractivity contribution in [3.05, 3.63) is 0 Å². The van der Waals surface area contributed by atoms with Crippen LogP contribution in [0.25, 0.3) is 0 Å². The topological polar surface area (TPSA) is 69.7 Å². The van der Waals surface area contributed by atoms with Crippen LogP contribution in [-0.4, -0.2) is 30.4 Å². The fraction of sp³-hybridized carbons (Fsp3) is 0.812. The first kappa shape index (κ1) is 17.7. The van der Waals surface area contributed by atoms with Gasteiger partial charge in [0, 0.05) is 12.8 Å². The molecule has 0 aromatic carbocycles. The number of ketones is 1. The van der Waals surface area contributed by atoms with E-state index in [4.69, 9.17) is 9.47 Å². The Morgan fingerprint density at radius 2 is 1.81 bits per heavy atom. The minimum atomic E-state index is -0.866. The summed E-state index contributed by atoms with van der Waals surface area (Å²) in [6.07, 6.45) is 0.417. The van der Waals surface area contributed by atoms with Gasteiger partial charge in [0.05, 0.1) is 7.11 Å². The van der Waals surface area contributed by atoms with Gasteiger partial charge in [-0.15, -0.1) is 0 Å². The van der Waals surface area contributed by atoms with Crippen molar-refractivity contribution in [3.8, 4) is 0 Å². The fourth-order valence-electron chi connectivity index (χ4n) is 2.85. The van der Waals surface area contributed by atoms with Gasteiger partial charge >= 0.3 is 11.9 Å². The number of rotatable bonds is 3. The Bertz CT molecular complexity index is 421. The van der Waals surface area contributed by atoms with Gasteiger partial charge in [-0.25, -0.2) is 0 Å². The molecule has 0 N–H and O–H groups in total. The van der Waals surface area contributed by atoms with Crippen LogP contribution in [0.5, 0.6) is 0 Å². The number of carbonyl (C=O) groups excluding carboxylic acids is 3. The molecule has 1 saturated carbocycles. The zero-order valence-electron chi connectivity index (χ0n) is 13.8. The summed E-state index contributed by atoms with van der Waals surface area (Å²) in [6, 6.07) is 0. The van der Waals surface area contributed by atoms with E-state index in [2.05, 4.69) is 0 Å². The lowest BCUT2D eigenvalue weighted by Gasteiger charge is -2.38. The van der Waals surface area contributed by atoms with Gasteiger partial charge in [-0.1, -0.05) is 13.8 Å². The first-order valence-electron chi connectivity index (χ1n) is 7.39. The standard InChI is InChI=1S/C16H26O5/c1-9-7-12(17)14(15(19)21-16(3,4)5)11(10(9)2)8-13(18)20-6/h9-11,14H,7-8H2,1-6H3/t9-,10+,11-,14?/m0/s1. The smallest absolute Gasteiger partial charge is 0.317 e. The molecule has 21 heavy (non-hydrogen) atoms. The number of methoxy groups -OCH3 is 1. The largest absolute Gasteiger partial charge is 0.469 e. The van der Waals surface area contributed by atoms with Crippen LogP contribution in [0.3, 0.4) is 0 Å². The van der Waals surface area contributed by atoms with Crippen LogP contribution in [0.1, 0.15) is 47.5 Å². The molecule has 4 atom stereocenters. The highest BCUT2D eigenvalue weighted by atomic mass is 16.6. The molecule has 5 heteroatoms. The average Bonchev–Trinajstić information content (AvgIpc) is 2.32. The first-order chi connectivity index (χ1) is 9.56. The molecular formula is C16H26O5. The third-order valence-electron chi connectivity index (χ3n) is 4.16. The lowest BCUT2D eigenvalue weighted by Crippen LogP contribution is -2.45. The van der Waals surface area contributed by atoms with Crippen LogP contribution in [0.2, 0.25) is 0 Å². The van der Waals surface area contributed by atoms with Crippen molar-refractivity contribution in [2.45, 2.75) is 53.1 Å². The van der Waals surface area contributed by atoms with Crippen molar-refractivity contribution >= 4 is 17.7 Å². The summed E-state index contributed by atoms with van der Waals surface area (Å²) in [7, 11) is 1.31. The molecule has 0 saturated heterocycles. The molecule has 0 aromatic rings. The van der Waals surface area contributed by atoms with Crippen molar-refractivity contribution < 1.29 is 23.9 Å². The molecule has 1 aliphatic carbocycles. The number of hydrogen-bond donors (Lipinski definition) is 0. The molecule has 5 nitrogen and oxygen atoms in total. The summed E-state index contributed by atoms with van der Waals surface area (Å²) in [5.41, 5.74) is -0.653. The molecule has 1 rings (SSSR count). The Hall–Kier alpha value is -1.39. The molecule has 0 spiro atoms. The van der Waals surface area contributed by atoms with Crippen LogP contribution in [0.15, 0.2) is 0 Å². The number of carbonyl (C=O) groups is 3. The lowest BCUT2D eigenvalue weighted by atomic mass is 9.66. The predicted molar refractivity (Wildman–Crippen MR) is 77.4 cm³/mol. The van der Waals surface area contributed by atoms with Gasteiger partial charge in [-0.2, -0.15) is 0 Å². The van der Waals surface area contributed by atoms with E-state index in [1.165, 1.54) is 7.11 Å². The highest BCUT2D eigenvalue weighted by molar-refractivity contribution is 6.00. The molecule has 1 aliphatic rings. The Morgan fingerprint density at radius 3 is 2.29 bits per heavy atom. The molecular weight excluding hydrogens is 272 g/mol. The second kappa shape index (κ2) is 6.58. The van der Waals surface area contributed by atoms with Crippen LogP contribution >= 0.6 is 0 Å². The summed E-state index contributed by atoms with van der Waals surface area (Å²) >= 11 is 0. The second-order valence-corrected chi connectivity index (χ2v) is 6.96. The maximum Gasteiger partial charge on any atom is 0.317 e. The first-order valence-corrected chi connectivity index (χ1v) is 7.39. The Labute approximate surface area is 126 Å². The maximum atomic E-state index is 12.4. The van der Waals surface area contributed by atoms with Crippen LogP contribution in [-0.2, 0) is 23.9 Å². The molecule has 0 heterocycles. The van der Waals surface area contributed by atoms with Crippen molar-refractivity contribution in [3.63, 3.8) is 0 Å². The molecule has 0 amide bonds. The minimum absolute atomic E-state index is 0.0671. The number of ether oxygens (including phenoxy) is 2. The third kappa shape index (κ3) is 4.55. The predicted octanol–water partition coefficient (Wildman–Crippen LogP) is 2.37. The number of Topliss-reactive ketones (excluding diaryl/α,β-unsaturated/α-hetero) is 1. The molecule has 0 aliphatic heterocycles. The van der Waals surface area contributed by atoms with Crippen LogP contribution in [0, 0.1) is 23.7 Å². The summed E-state index contributed by atoms with van der Waals surface area (Å²) in [5.74, 6) is -2.06.